The Kier molecular flexibility index (Phi) is 5.84. The average molecular weight is 383 g/mol. The molecule has 0 aliphatic rings. The van der Waals surface area contributed by atoms with Crippen LogP contribution in [0.5, 0.6) is 11.5 Å². The van der Waals surface area contributed by atoms with Crippen LogP contribution >= 0.6 is 0 Å². The first-order valence-electron chi connectivity index (χ1n) is 8.65. The normalized spacial score (nSPS) is 10.5. The molecule has 1 amide bonds. The second-order valence-corrected chi connectivity index (χ2v) is 6.12. The standard InChI is InChI=1S/C21H21NO6/c1-13-17-10-16(26-3)8-9-18(17)28-20(13)21(24)27-12-19(23)22-11-14-4-6-15(25-2)7-5-14/h4-10H,11-12H2,1-3H3,(H,22,23). The van der Waals surface area contributed by atoms with Gasteiger partial charge in [-0.05, 0) is 42.8 Å². The zero-order valence-corrected chi connectivity index (χ0v) is 15.9. The summed E-state index contributed by atoms with van der Waals surface area (Å²) in [6, 6.07) is 12.6. The Labute approximate surface area is 162 Å². The first kappa shape index (κ1) is 19.3. The maximum Gasteiger partial charge on any atom is 0.375 e. The average Bonchev–Trinajstić information content (AvgIpc) is 3.06. The maximum absolute atomic E-state index is 12.3. The van der Waals surface area contributed by atoms with E-state index in [9.17, 15) is 9.59 Å². The van der Waals surface area contributed by atoms with Crippen molar-refractivity contribution < 1.29 is 28.2 Å². The van der Waals surface area contributed by atoms with Gasteiger partial charge >= 0.3 is 5.97 Å². The van der Waals surface area contributed by atoms with Gasteiger partial charge in [0.1, 0.15) is 17.1 Å². The zero-order valence-electron chi connectivity index (χ0n) is 15.9. The van der Waals surface area contributed by atoms with Crippen molar-refractivity contribution in [1.82, 2.24) is 5.32 Å². The van der Waals surface area contributed by atoms with E-state index in [1.165, 1.54) is 0 Å². The number of fused-ring (bicyclic) bond motifs is 1. The summed E-state index contributed by atoms with van der Waals surface area (Å²) in [5.74, 6) is 0.384. The van der Waals surface area contributed by atoms with Gasteiger partial charge in [-0.3, -0.25) is 4.79 Å². The molecule has 0 aliphatic heterocycles. The van der Waals surface area contributed by atoms with Gasteiger partial charge in [0.05, 0.1) is 14.2 Å². The molecular formula is C21H21NO6. The number of methoxy groups -OCH3 is 2. The highest BCUT2D eigenvalue weighted by Crippen LogP contribution is 2.29. The summed E-state index contributed by atoms with van der Waals surface area (Å²) in [6.07, 6.45) is 0. The van der Waals surface area contributed by atoms with Crippen molar-refractivity contribution in [2.24, 2.45) is 0 Å². The number of benzene rings is 2. The minimum Gasteiger partial charge on any atom is -0.497 e. The van der Waals surface area contributed by atoms with Crippen LogP contribution in [-0.4, -0.2) is 32.7 Å². The molecule has 28 heavy (non-hydrogen) atoms. The molecule has 0 atom stereocenters. The Morgan fingerprint density at radius 1 is 1.00 bits per heavy atom. The van der Waals surface area contributed by atoms with E-state index in [1.807, 2.05) is 12.1 Å². The summed E-state index contributed by atoms with van der Waals surface area (Å²) in [7, 11) is 3.15. The largest absolute Gasteiger partial charge is 0.497 e. The SMILES string of the molecule is COc1ccc(CNC(=O)COC(=O)c2oc3ccc(OC)cc3c2C)cc1. The third-order valence-corrected chi connectivity index (χ3v) is 4.31. The van der Waals surface area contributed by atoms with E-state index in [2.05, 4.69) is 5.32 Å². The topological polar surface area (TPSA) is 87.0 Å². The molecule has 0 radical (unpaired) electrons. The van der Waals surface area contributed by atoms with Gasteiger partial charge in [0.25, 0.3) is 5.91 Å². The molecule has 0 fully saturated rings. The second kappa shape index (κ2) is 8.47. The number of hydrogen-bond acceptors (Lipinski definition) is 6. The number of carbonyl (C=O) groups excluding carboxylic acids is 2. The monoisotopic (exact) mass is 383 g/mol. The molecule has 7 heteroatoms. The summed E-state index contributed by atoms with van der Waals surface area (Å²) in [5, 5.41) is 3.45. The predicted octanol–water partition coefficient (Wildman–Crippen LogP) is 3.23. The van der Waals surface area contributed by atoms with Gasteiger partial charge in [0, 0.05) is 17.5 Å². The molecular weight excluding hydrogens is 362 g/mol. The van der Waals surface area contributed by atoms with Gasteiger partial charge in [-0.2, -0.15) is 0 Å². The first-order chi connectivity index (χ1) is 13.5. The molecule has 1 heterocycles. The Morgan fingerprint density at radius 3 is 2.36 bits per heavy atom. The van der Waals surface area contributed by atoms with E-state index in [1.54, 1.807) is 51.5 Å². The number of aryl methyl sites for hydroxylation is 1. The van der Waals surface area contributed by atoms with Crippen molar-refractivity contribution in [2.75, 3.05) is 20.8 Å². The second-order valence-electron chi connectivity index (χ2n) is 6.12. The number of amides is 1. The van der Waals surface area contributed by atoms with Crippen LogP contribution < -0.4 is 14.8 Å². The fraction of sp³-hybridized carbons (Fsp3) is 0.238. The van der Waals surface area contributed by atoms with Gasteiger partial charge in [-0.15, -0.1) is 0 Å². The van der Waals surface area contributed by atoms with Crippen LogP contribution in [0.2, 0.25) is 0 Å². The summed E-state index contributed by atoms with van der Waals surface area (Å²) in [5.41, 5.74) is 2.09. The van der Waals surface area contributed by atoms with Crippen LogP contribution in [0.1, 0.15) is 21.7 Å². The summed E-state index contributed by atoms with van der Waals surface area (Å²) in [6.45, 7) is 1.68. The lowest BCUT2D eigenvalue weighted by atomic mass is 10.1. The Balaban J connectivity index is 1.56. The van der Waals surface area contributed by atoms with E-state index < -0.39 is 18.5 Å². The molecule has 0 spiro atoms. The molecule has 1 N–H and O–H groups in total. The molecule has 7 nitrogen and oxygen atoms in total. The number of ether oxygens (including phenoxy) is 3. The molecule has 0 saturated carbocycles. The zero-order chi connectivity index (χ0) is 20.1. The van der Waals surface area contributed by atoms with E-state index in [0.29, 0.717) is 23.4 Å². The Morgan fingerprint density at radius 2 is 1.68 bits per heavy atom. The van der Waals surface area contributed by atoms with Crippen LogP contribution in [0.15, 0.2) is 46.9 Å². The van der Waals surface area contributed by atoms with Gasteiger partial charge in [0.15, 0.2) is 6.61 Å². The predicted molar refractivity (Wildman–Crippen MR) is 103 cm³/mol. The van der Waals surface area contributed by atoms with E-state index in [-0.39, 0.29) is 5.76 Å². The third kappa shape index (κ3) is 4.25. The fourth-order valence-electron chi connectivity index (χ4n) is 2.71. The summed E-state index contributed by atoms with van der Waals surface area (Å²) < 4.78 is 20.9. The first-order valence-corrected chi connectivity index (χ1v) is 8.65. The van der Waals surface area contributed by atoms with Crippen LogP contribution in [0, 0.1) is 6.92 Å². The van der Waals surface area contributed by atoms with E-state index in [4.69, 9.17) is 18.6 Å². The van der Waals surface area contributed by atoms with Crippen molar-refractivity contribution in [3.05, 3.63) is 59.4 Å². The molecule has 1 aromatic heterocycles. The Bertz CT molecular complexity index is 990. The summed E-state index contributed by atoms with van der Waals surface area (Å²) >= 11 is 0. The van der Waals surface area contributed by atoms with Gasteiger partial charge in [0.2, 0.25) is 5.76 Å². The minimum absolute atomic E-state index is 0.0752. The molecule has 0 aliphatic carbocycles. The maximum atomic E-state index is 12.3. The van der Waals surface area contributed by atoms with Crippen molar-refractivity contribution in [1.29, 1.82) is 0 Å². The highest BCUT2D eigenvalue weighted by atomic mass is 16.5. The van der Waals surface area contributed by atoms with Crippen molar-refractivity contribution in [2.45, 2.75) is 13.5 Å². The Hall–Kier alpha value is -3.48. The number of carbonyl (C=O) groups is 2. The van der Waals surface area contributed by atoms with Crippen molar-refractivity contribution in [3.63, 3.8) is 0 Å². The van der Waals surface area contributed by atoms with Gasteiger partial charge in [-0.1, -0.05) is 12.1 Å². The highest BCUT2D eigenvalue weighted by molar-refractivity contribution is 5.97. The van der Waals surface area contributed by atoms with Crippen molar-refractivity contribution >= 4 is 22.8 Å². The van der Waals surface area contributed by atoms with E-state index >= 15 is 0 Å². The molecule has 0 saturated heterocycles. The lowest BCUT2D eigenvalue weighted by molar-refractivity contribution is -0.124. The number of hydrogen-bond donors (Lipinski definition) is 1. The number of esters is 1. The molecule has 3 rings (SSSR count). The lowest BCUT2D eigenvalue weighted by Gasteiger charge is -2.07. The van der Waals surface area contributed by atoms with Gasteiger partial charge in [-0.25, -0.2) is 4.79 Å². The van der Waals surface area contributed by atoms with Crippen LogP contribution in [0.4, 0.5) is 0 Å². The van der Waals surface area contributed by atoms with Crippen molar-refractivity contribution in [3.8, 4) is 11.5 Å². The molecule has 0 unspecified atom stereocenters. The lowest BCUT2D eigenvalue weighted by Crippen LogP contribution is -2.28. The third-order valence-electron chi connectivity index (χ3n) is 4.31. The van der Waals surface area contributed by atoms with E-state index in [0.717, 1.165) is 16.7 Å². The van der Waals surface area contributed by atoms with Crippen LogP contribution in [0.25, 0.3) is 11.0 Å². The minimum atomic E-state index is -0.688. The molecule has 3 aromatic rings. The van der Waals surface area contributed by atoms with Gasteiger partial charge < -0.3 is 23.9 Å². The van der Waals surface area contributed by atoms with Crippen LogP contribution in [-0.2, 0) is 16.1 Å². The number of furan rings is 1. The quantitative estimate of drug-likeness (QED) is 0.631. The number of nitrogens with one attached hydrogen (secondary N) is 1. The van der Waals surface area contributed by atoms with Crippen LogP contribution in [0.3, 0.4) is 0 Å². The highest BCUT2D eigenvalue weighted by Gasteiger charge is 2.20. The summed E-state index contributed by atoms with van der Waals surface area (Å²) in [4.78, 5) is 24.3. The fourth-order valence-corrected chi connectivity index (χ4v) is 2.71. The molecule has 2 aromatic carbocycles. The smallest absolute Gasteiger partial charge is 0.375 e. The number of rotatable bonds is 7. The molecule has 0 bridgehead atoms. The molecule has 146 valence electrons.